The molecule has 5 rings (SSSR count). The van der Waals surface area contributed by atoms with Crippen molar-refractivity contribution in [2.75, 3.05) is 5.32 Å². The van der Waals surface area contributed by atoms with Crippen LogP contribution in [-0.4, -0.2) is 31.9 Å². The van der Waals surface area contributed by atoms with E-state index >= 15 is 0 Å². The van der Waals surface area contributed by atoms with Gasteiger partial charge < -0.3 is 15.4 Å². The Morgan fingerprint density at radius 1 is 0.879 bits per heavy atom. The zero-order valence-electron chi connectivity index (χ0n) is 17.6. The number of rotatable bonds is 6. The molecule has 5 aromatic rings. The maximum absolute atomic E-state index is 12.8. The second-order valence-electron chi connectivity index (χ2n) is 7.75. The van der Waals surface area contributed by atoms with Gasteiger partial charge >= 0.3 is 5.97 Å². The average molecular weight is 436 g/mol. The fraction of sp³-hybridized carbons (Fsp3) is 0.0769. The van der Waals surface area contributed by atoms with Crippen LogP contribution in [0, 0.1) is 0 Å². The van der Waals surface area contributed by atoms with Gasteiger partial charge in [0.25, 0.3) is 5.91 Å². The number of carbonyl (C=O) groups excluding carboxylic acids is 1. The van der Waals surface area contributed by atoms with E-state index < -0.39 is 5.97 Å². The van der Waals surface area contributed by atoms with Crippen molar-refractivity contribution in [3.8, 4) is 11.4 Å². The van der Waals surface area contributed by atoms with Gasteiger partial charge in [0, 0.05) is 22.9 Å². The molecule has 0 radical (unpaired) electrons. The van der Waals surface area contributed by atoms with Crippen LogP contribution in [0.5, 0.6) is 0 Å². The summed E-state index contributed by atoms with van der Waals surface area (Å²) in [6, 6.07) is 24.4. The molecule has 0 aliphatic heterocycles. The number of aliphatic carboxylic acids is 1. The van der Waals surface area contributed by atoms with Gasteiger partial charge in [0.15, 0.2) is 0 Å². The summed E-state index contributed by atoms with van der Waals surface area (Å²) < 4.78 is 0. The van der Waals surface area contributed by atoms with Crippen molar-refractivity contribution in [2.24, 2.45) is 0 Å². The number of carboxylic acids is 1. The number of para-hydroxylation sites is 1. The number of fused-ring (bicyclic) bond motifs is 2. The summed E-state index contributed by atoms with van der Waals surface area (Å²) in [6.07, 6.45) is 0.587. The molecule has 0 saturated carbocycles. The molecule has 2 aromatic heterocycles. The number of imidazole rings is 1. The second kappa shape index (κ2) is 8.55. The minimum absolute atomic E-state index is 0.101. The lowest BCUT2D eigenvalue weighted by Gasteiger charge is -2.06. The van der Waals surface area contributed by atoms with Gasteiger partial charge in [-0.05, 0) is 48.4 Å². The summed E-state index contributed by atoms with van der Waals surface area (Å²) in [5.74, 6) is 0.113. The first kappa shape index (κ1) is 20.4. The monoisotopic (exact) mass is 436 g/mol. The van der Waals surface area contributed by atoms with Crippen LogP contribution in [0.2, 0.25) is 0 Å². The van der Waals surface area contributed by atoms with Crippen molar-refractivity contribution < 1.29 is 14.7 Å². The summed E-state index contributed by atoms with van der Waals surface area (Å²) in [5.41, 5.74) is 4.66. The Kier molecular flexibility index (Phi) is 5.28. The number of anilines is 1. The molecular weight excluding hydrogens is 416 g/mol. The normalized spacial score (nSPS) is 11.0. The standard InChI is InChI=1S/C26H20N4O3/c31-24(32)14-7-16-5-8-18(9-6-16)25-28-21-12-10-19(15-22(21)29-25)26(33)30-23-13-11-17-3-1-2-4-20(17)27-23/h1-6,8-13,15H,7,14H2,(H,28,29)(H,31,32)(H,27,30,33). The maximum Gasteiger partial charge on any atom is 0.303 e. The predicted molar refractivity (Wildman–Crippen MR) is 127 cm³/mol. The van der Waals surface area contributed by atoms with E-state index in [0.29, 0.717) is 23.6 Å². The van der Waals surface area contributed by atoms with E-state index in [1.165, 1.54) is 0 Å². The van der Waals surface area contributed by atoms with Gasteiger partial charge in [0.2, 0.25) is 0 Å². The molecule has 0 atom stereocenters. The molecule has 0 spiro atoms. The van der Waals surface area contributed by atoms with Gasteiger partial charge in [-0.3, -0.25) is 9.59 Å². The number of carbonyl (C=O) groups is 2. The first-order valence-electron chi connectivity index (χ1n) is 10.5. The molecule has 3 N–H and O–H groups in total. The second-order valence-corrected chi connectivity index (χ2v) is 7.75. The predicted octanol–water partition coefficient (Wildman–Crippen LogP) is 5.05. The molecule has 1 amide bonds. The van der Waals surface area contributed by atoms with Crippen molar-refractivity contribution in [2.45, 2.75) is 12.8 Å². The number of hydrogen-bond acceptors (Lipinski definition) is 4. The Hall–Kier alpha value is -4.52. The molecular formula is C26H20N4O3. The lowest BCUT2D eigenvalue weighted by molar-refractivity contribution is -0.136. The Morgan fingerprint density at radius 3 is 2.52 bits per heavy atom. The molecule has 3 aromatic carbocycles. The summed E-state index contributed by atoms with van der Waals surface area (Å²) in [6.45, 7) is 0. The van der Waals surface area contributed by atoms with Gasteiger partial charge in [-0.1, -0.05) is 42.5 Å². The van der Waals surface area contributed by atoms with Crippen LogP contribution in [0.15, 0.2) is 78.9 Å². The van der Waals surface area contributed by atoms with Crippen LogP contribution >= 0.6 is 0 Å². The number of aryl methyl sites for hydroxylation is 1. The number of nitrogens with one attached hydrogen (secondary N) is 2. The smallest absolute Gasteiger partial charge is 0.303 e. The number of pyridine rings is 1. The van der Waals surface area contributed by atoms with E-state index in [-0.39, 0.29) is 12.3 Å². The van der Waals surface area contributed by atoms with Gasteiger partial charge in [0.05, 0.1) is 16.6 Å². The Morgan fingerprint density at radius 2 is 1.70 bits per heavy atom. The third-order valence-electron chi connectivity index (χ3n) is 5.44. The van der Waals surface area contributed by atoms with Gasteiger partial charge in [-0.2, -0.15) is 0 Å². The lowest BCUT2D eigenvalue weighted by atomic mass is 10.1. The number of amides is 1. The van der Waals surface area contributed by atoms with E-state index in [0.717, 1.165) is 33.1 Å². The molecule has 0 aliphatic rings. The highest BCUT2D eigenvalue weighted by molar-refractivity contribution is 6.06. The molecule has 162 valence electrons. The van der Waals surface area contributed by atoms with Crippen molar-refractivity contribution in [1.29, 1.82) is 0 Å². The van der Waals surface area contributed by atoms with Crippen molar-refractivity contribution in [3.63, 3.8) is 0 Å². The summed E-state index contributed by atoms with van der Waals surface area (Å²) in [7, 11) is 0. The molecule has 7 nitrogen and oxygen atoms in total. The van der Waals surface area contributed by atoms with Gasteiger partial charge in [-0.15, -0.1) is 0 Å². The molecule has 7 heteroatoms. The molecule has 0 fully saturated rings. The molecule has 33 heavy (non-hydrogen) atoms. The van der Waals surface area contributed by atoms with Crippen molar-refractivity contribution in [1.82, 2.24) is 15.0 Å². The van der Waals surface area contributed by atoms with Crippen LogP contribution in [-0.2, 0) is 11.2 Å². The van der Waals surface area contributed by atoms with Crippen LogP contribution in [0.4, 0.5) is 5.82 Å². The first-order valence-corrected chi connectivity index (χ1v) is 10.5. The third-order valence-corrected chi connectivity index (χ3v) is 5.44. The van der Waals surface area contributed by atoms with Crippen LogP contribution in [0.3, 0.4) is 0 Å². The SMILES string of the molecule is O=C(O)CCc1ccc(-c2nc3ccc(C(=O)Nc4ccc5ccccc5n4)cc3[nH]2)cc1. The first-order chi connectivity index (χ1) is 16.0. The lowest BCUT2D eigenvalue weighted by Crippen LogP contribution is -2.12. The quantitative estimate of drug-likeness (QED) is 0.345. The number of benzene rings is 3. The highest BCUT2D eigenvalue weighted by Crippen LogP contribution is 2.23. The topological polar surface area (TPSA) is 108 Å². The van der Waals surface area contributed by atoms with Crippen LogP contribution in [0.1, 0.15) is 22.3 Å². The average Bonchev–Trinajstić information content (AvgIpc) is 3.26. The minimum Gasteiger partial charge on any atom is -0.481 e. The Bertz CT molecular complexity index is 1490. The summed E-state index contributed by atoms with van der Waals surface area (Å²) >= 11 is 0. The molecule has 0 bridgehead atoms. The van der Waals surface area contributed by atoms with E-state index in [4.69, 9.17) is 5.11 Å². The minimum atomic E-state index is -0.812. The van der Waals surface area contributed by atoms with Gasteiger partial charge in [-0.25, -0.2) is 9.97 Å². The van der Waals surface area contributed by atoms with Crippen LogP contribution < -0.4 is 5.32 Å². The highest BCUT2D eigenvalue weighted by Gasteiger charge is 2.11. The Balaban J connectivity index is 1.35. The summed E-state index contributed by atoms with van der Waals surface area (Å²) in [5, 5.41) is 12.7. The number of nitrogens with zero attached hydrogens (tertiary/aromatic N) is 2. The zero-order chi connectivity index (χ0) is 22.8. The zero-order valence-corrected chi connectivity index (χ0v) is 17.6. The van der Waals surface area contributed by atoms with E-state index in [9.17, 15) is 9.59 Å². The number of carboxylic acid groups (broad SMARTS) is 1. The van der Waals surface area contributed by atoms with E-state index in [1.807, 2.05) is 54.6 Å². The van der Waals surface area contributed by atoms with E-state index in [1.54, 1.807) is 24.3 Å². The van der Waals surface area contributed by atoms with Crippen molar-refractivity contribution >= 4 is 39.6 Å². The van der Waals surface area contributed by atoms with Crippen molar-refractivity contribution in [3.05, 3.63) is 90.0 Å². The van der Waals surface area contributed by atoms with Gasteiger partial charge in [0.1, 0.15) is 11.6 Å². The van der Waals surface area contributed by atoms with E-state index in [2.05, 4.69) is 20.3 Å². The number of aromatic nitrogens is 3. The maximum atomic E-state index is 12.8. The number of hydrogen-bond donors (Lipinski definition) is 3. The third kappa shape index (κ3) is 4.43. The van der Waals surface area contributed by atoms with Crippen LogP contribution in [0.25, 0.3) is 33.3 Å². The Labute approximate surface area is 189 Å². The molecule has 0 aliphatic carbocycles. The highest BCUT2D eigenvalue weighted by atomic mass is 16.4. The molecule has 0 saturated heterocycles. The largest absolute Gasteiger partial charge is 0.481 e. The molecule has 2 heterocycles. The fourth-order valence-electron chi connectivity index (χ4n) is 3.69. The summed E-state index contributed by atoms with van der Waals surface area (Å²) in [4.78, 5) is 35.9. The fourth-order valence-corrected chi connectivity index (χ4v) is 3.69. The number of aromatic amines is 1. The number of H-pyrrole nitrogens is 1. The molecule has 0 unspecified atom stereocenters.